The molecule has 8 nitrogen and oxygen atoms in total. The molecule has 4 fully saturated rings. The standard InChI is InChI=1S/C36H54N4O4/c1-24-30-20-28(36(30,3)4)21-31(24)37-35(43)34-33(25(2)42)32(23-41)44-40(34)22-27-13-10-14-29(19-27)39(18-17-38(5)6)16-15-26-11-8-7-9-12-26/h7-14,19,24-25,28,30-34,41-42H,15-18,20-23H2,1-6H3,(H,37,43)/t24-,25-,28+,30-,31?,32-,33+,34-/m0/s1. The molecular formula is C36H54N4O4. The van der Waals surface area contributed by atoms with Gasteiger partial charge >= 0.3 is 0 Å². The fourth-order valence-electron chi connectivity index (χ4n) is 8.12. The maximum atomic E-state index is 14.0. The first-order chi connectivity index (χ1) is 21.0. The molecule has 3 aliphatic carbocycles. The first kappa shape index (κ1) is 32.9. The third kappa shape index (κ3) is 7.00. The predicted octanol–water partition coefficient (Wildman–Crippen LogP) is 3.96. The summed E-state index contributed by atoms with van der Waals surface area (Å²) >= 11 is 0. The van der Waals surface area contributed by atoms with Gasteiger partial charge in [-0.25, -0.2) is 0 Å². The number of benzene rings is 2. The van der Waals surface area contributed by atoms with E-state index in [1.54, 1.807) is 12.0 Å². The number of fused-ring (bicyclic) bond motifs is 2. The van der Waals surface area contributed by atoms with Crippen LogP contribution in [0.3, 0.4) is 0 Å². The lowest BCUT2D eigenvalue weighted by atomic mass is 9.45. The minimum absolute atomic E-state index is 0.113. The number of carbonyl (C=O) groups is 1. The summed E-state index contributed by atoms with van der Waals surface area (Å²) in [4.78, 5) is 24.9. The van der Waals surface area contributed by atoms with Crippen molar-refractivity contribution in [3.05, 3.63) is 65.7 Å². The predicted molar refractivity (Wildman–Crippen MR) is 175 cm³/mol. The van der Waals surface area contributed by atoms with Crippen LogP contribution in [-0.2, 0) is 22.6 Å². The van der Waals surface area contributed by atoms with E-state index in [4.69, 9.17) is 4.84 Å². The molecular weight excluding hydrogens is 552 g/mol. The fourth-order valence-corrected chi connectivity index (χ4v) is 8.12. The summed E-state index contributed by atoms with van der Waals surface area (Å²) in [5.41, 5.74) is 3.79. The van der Waals surface area contributed by atoms with Crippen LogP contribution >= 0.6 is 0 Å². The zero-order valence-corrected chi connectivity index (χ0v) is 27.5. The molecule has 1 amide bonds. The van der Waals surface area contributed by atoms with Crippen LogP contribution in [0.4, 0.5) is 5.69 Å². The Hall–Kier alpha value is -2.49. The van der Waals surface area contributed by atoms with Crippen LogP contribution < -0.4 is 10.2 Å². The van der Waals surface area contributed by atoms with Gasteiger partial charge in [0.05, 0.1) is 19.3 Å². The highest BCUT2D eigenvalue weighted by molar-refractivity contribution is 5.82. The number of hydrogen-bond acceptors (Lipinski definition) is 7. The zero-order chi connectivity index (χ0) is 31.6. The summed E-state index contributed by atoms with van der Waals surface area (Å²) in [6.45, 7) is 11.5. The van der Waals surface area contributed by atoms with E-state index < -0.39 is 24.2 Å². The molecule has 1 saturated heterocycles. The van der Waals surface area contributed by atoms with Crippen molar-refractivity contribution in [1.82, 2.24) is 15.3 Å². The van der Waals surface area contributed by atoms with Gasteiger partial charge in [-0.3, -0.25) is 9.63 Å². The number of amides is 1. The van der Waals surface area contributed by atoms with Gasteiger partial charge < -0.3 is 25.3 Å². The lowest BCUT2D eigenvalue weighted by Gasteiger charge is -2.62. The molecule has 1 aliphatic heterocycles. The quantitative estimate of drug-likeness (QED) is 0.318. The monoisotopic (exact) mass is 606 g/mol. The summed E-state index contributed by atoms with van der Waals surface area (Å²) in [7, 11) is 4.19. The Morgan fingerprint density at radius 1 is 1.07 bits per heavy atom. The largest absolute Gasteiger partial charge is 0.394 e. The highest BCUT2D eigenvalue weighted by Gasteiger charge is 2.57. The number of hydrogen-bond donors (Lipinski definition) is 3. The molecule has 3 saturated carbocycles. The highest BCUT2D eigenvalue weighted by Crippen LogP contribution is 2.61. The fraction of sp³-hybridized carbons (Fsp3) is 0.639. The topological polar surface area (TPSA) is 88.5 Å². The normalized spacial score (nSPS) is 30.2. The molecule has 3 N–H and O–H groups in total. The van der Waals surface area contributed by atoms with Crippen molar-refractivity contribution < 1.29 is 19.8 Å². The van der Waals surface area contributed by atoms with Gasteiger partial charge in [-0.2, -0.15) is 5.06 Å². The van der Waals surface area contributed by atoms with E-state index in [2.05, 4.69) is 98.5 Å². The van der Waals surface area contributed by atoms with E-state index in [1.807, 2.05) is 6.07 Å². The minimum Gasteiger partial charge on any atom is -0.394 e. The number of hydroxylamine groups is 2. The Morgan fingerprint density at radius 2 is 1.80 bits per heavy atom. The molecule has 0 radical (unpaired) electrons. The molecule has 2 aromatic rings. The first-order valence-electron chi connectivity index (χ1n) is 16.5. The van der Waals surface area contributed by atoms with Gasteiger partial charge in [0.1, 0.15) is 12.1 Å². The highest BCUT2D eigenvalue weighted by atomic mass is 16.7. The second kappa shape index (κ2) is 13.9. The van der Waals surface area contributed by atoms with Crippen molar-refractivity contribution in [2.24, 2.45) is 29.1 Å². The molecule has 0 aromatic heterocycles. The average molecular weight is 607 g/mol. The zero-order valence-electron chi connectivity index (χ0n) is 27.5. The van der Waals surface area contributed by atoms with Crippen LogP contribution in [0.5, 0.6) is 0 Å². The molecule has 8 atom stereocenters. The van der Waals surface area contributed by atoms with Crippen molar-refractivity contribution in [3.8, 4) is 0 Å². The van der Waals surface area contributed by atoms with E-state index in [-0.39, 0.29) is 18.6 Å². The van der Waals surface area contributed by atoms with Crippen molar-refractivity contribution >= 4 is 11.6 Å². The Bertz CT molecular complexity index is 1240. The van der Waals surface area contributed by atoms with Crippen LogP contribution in [0, 0.1) is 29.1 Å². The SMILES string of the molecule is C[C@H](O)[C@@H]1[C@H](CO)ON(Cc2cccc(N(CCc3ccccc3)CCN(C)C)c2)[C@@H]1C(=O)NC1C[C@H]2C[C@@H]([C@@H]1C)C2(C)C. The van der Waals surface area contributed by atoms with Crippen LogP contribution in [0.2, 0.25) is 0 Å². The van der Waals surface area contributed by atoms with Gasteiger partial charge in [-0.15, -0.1) is 0 Å². The summed E-state index contributed by atoms with van der Waals surface area (Å²) in [6, 6.07) is 18.4. The molecule has 2 bridgehead atoms. The lowest BCUT2D eigenvalue weighted by molar-refractivity contribution is -0.183. The van der Waals surface area contributed by atoms with Crippen LogP contribution in [0.15, 0.2) is 54.6 Å². The molecule has 4 aliphatic rings. The minimum atomic E-state index is -0.810. The van der Waals surface area contributed by atoms with Gasteiger partial charge in [0.2, 0.25) is 5.91 Å². The molecule has 8 heteroatoms. The van der Waals surface area contributed by atoms with E-state index >= 15 is 0 Å². The third-order valence-electron chi connectivity index (χ3n) is 11.0. The van der Waals surface area contributed by atoms with Gasteiger partial charge in [0, 0.05) is 37.3 Å². The second-order valence-corrected chi connectivity index (χ2v) is 14.4. The third-order valence-corrected chi connectivity index (χ3v) is 11.0. The van der Waals surface area contributed by atoms with Gasteiger partial charge in [-0.1, -0.05) is 63.2 Å². The Morgan fingerprint density at radius 3 is 2.43 bits per heavy atom. The van der Waals surface area contributed by atoms with Crippen molar-refractivity contribution in [2.45, 2.75) is 77.8 Å². The van der Waals surface area contributed by atoms with E-state index in [0.29, 0.717) is 29.7 Å². The number of nitrogens with one attached hydrogen (secondary N) is 1. The lowest BCUT2D eigenvalue weighted by Crippen LogP contribution is -2.62. The Labute approximate surface area is 264 Å². The van der Waals surface area contributed by atoms with E-state index in [1.165, 1.54) is 12.0 Å². The van der Waals surface area contributed by atoms with Crippen LogP contribution in [-0.4, -0.2) is 90.7 Å². The molecule has 2 aromatic carbocycles. The summed E-state index contributed by atoms with van der Waals surface area (Å²) in [6.07, 6.45) is 1.72. The number of rotatable bonds is 13. The van der Waals surface area contributed by atoms with Crippen molar-refractivity contribution in [3.63, 3.8) is 0 Å². The number of aliphatic hydroxyl groups excluding tert-OH is 2. The summed E-state index contributed by atoms with van der Waals surface area (Å²) in [5.74, 6) is 0.988. The van der Waals surface area contributed by atoms with E-state index in [0.717, 1.165) is 43.7 Å². The maximum absolute atomic E-state index is 14.0. The first-order valence-corrected chi connectivity index (χ1v) is 16.5. The molecule has 44 heavy (non-hydrogen) atoms. The number of anilines is 1. The number of nitrogens with zero attached hydrogens (tertiary/aromatic N) is 3. The molecule has 0 spiro atoms. The van der Waals surface area contributed by atoms with Crippen molar-refractivity contribution in [1.29, 1.82) is 0 Å². The molecule has 242 valence electrons. The Kier molecular flexibility index (Phi) is 10.4. The maximum Gasteiger partial charge on any atom is 0.240 e. The van der Waals surface area contributed by atoms with E-state index in [9.17, 15) is 15.0 Å². The van der Waals surface area contributed by atoms with Crippen molar-refractivity contribution in [2.75, 3.05) is 45.2 Å². The second-order valence-electron chi connectivity index (χ2n) is 14.4. The number of aliphatic hydroxyl groups is 2. The van der Waals surface area contributed by atoms with Gasteiger partial charge in [0.25, 0.3) is 0 Å². The number of likely N-dealkylation sites (N-methyl/N-ethyl adjacent to an activating group) is 1. The number of carbonyl (C=O) groups excluding carboxylic acids is 1. The smallest absolute Gasteiger partial charge is 0.240 e. The summed E-state index contributed by atoms with van der Waals surface area (Å²) < 4.78 is 0. The average Bonchev–Trinajstić information content (AvgIpc) is 3.37. The molecule has 1 unspecified atom stereocenters. The summed E-state index contributed by atoms with van der Waals surface area (Å²) in [5, 5.41) is 26.1. The van der Waals surface area contributed by atoms with Crippen LogP contribution in [0.25, 0.3) is 0 Å². The Balaban J connectivity index is 1.33. The molecule has 6 rings (SSSR count). The molecule has 1 heterocycles. The van der Waals surface area contributed by atoms with Crippen LogP contribution in [0.1, 0.15) is 51.7 Å². The van der Waals surface area contributed by atoms with Gasteiger partial charge in [-0.05, 0) is 86.7 Å². The van der Waals surface area contributed by atoms with Gasteiger partial charge in [0.15, 0.2) is 0 Å².